The summed E-state index contributed by atoms with van der Waals surface area (Å²) in [5, 5.41) is 3.56. The van der Waals surface area contributed by atoms with Gasteiger partial charge in [-0.25, -0.2) is 9.37 Å². The molecule has 0 aliphatic rings. The van der Waals surface area contributed by atoms with E-state index in [2.05, 4.69) is 10.3 Å². The summed E-state index contributed by atoms with van der Waals surface area (Å²) in [6.45, 7) is 5.86. The van der Waals surface area contributed by atoms with Crippen LogP contribution in [0.3, 0.4) is 0 Å². The predicted molar refractivity (Wildman–Crippen MR) is 105 cm³/mol. The second-order valence-electron chi connectivity index (χ2n) is 6.34. The number of halogens is 1. The van der Waals surface area contributed by atoms with Gasteiger partial charge in [0.15, 0.2) is 0 Å². The van der Waals surface area contributed by atoms with Crippen molar-refractivity contribution in [2.75, 3.05) is 0 Å². The van der Waals surface area contributed by atoms with Crippen molar-refractivity contribution in [2.45, 2.75) is 33.4 Å². The van der Waals surface area contributed by atoms with E-state index in [-0.39, 0.29) is 11.7 Å². The number of rotatable bonds is 6. The van der Waals surface area contributed by atoms with E-state index in [1.807, 2.05) is 31.2 Å². The standard InChI is InChI=1S/C21H21FN2O2S/c1-13-8-10-16(11-9-13)26-12-19-23-15(3)20(27-19)21(25)24-14(2)17-6-4-5-7-18(17)22/h4-11,14H,12H2,1-3H3,(H,24,25). The van der Waals surface area contributed by atoms with Crippen LogP contribution in [0, 0.1) is 19.7 Å². The number of carbonyl (C=O) groups is 1. The minimum atomic E-state index is -0.438. The van der Waals surface area contributed by atoms with E-state index >= 15 is 0 Å². The molecule has 6 heteroatoms. The van der Waals surface area contributed by atoms with Gasteiger partial charge in [0.1, 0.15) is 28.1 Å². The molecule has 1 N–H and O–H groups in total. The summed E-state index contributed by atoms with van der Waals surface area (Å²) < 4.78 is 19.6. The maximum absolute atomic E-state index is 13.9. The molecule has 0 bridgehead atoms. The third-order valence-electron chi connectivity index (χ3n) is 4.15. The van der Waals surface area contributed by atoms with Crippen LogP contribution in [-0.2, 0) is 6.61 Å². The Morgan fingerprint density at radius 2 is 1.89 bits per heavy atom. The van der Waals surface area contributed by atoms with Crippen LogP contribution < -0.4 is 10.1 Å². The molecule has 0 aliphatic carbocycles. The van der Waals surface area contributed by atoms with E-state index in [9.17, 15) is 9.18 Å². The summed E-state index contributed by atoms with van der Waals surface area (Å²) >= 11 is 1.29. The molecular formula is C21H21FN2O2S. The number of aryl methyl sites for hydroxylation is 2. The minimum Gasteiger partial charge on any atom is -0.486 e. The Kier molecular flexibility index (Phi) is 5.86. The normalized spacial score (nSPS) is 11.9. The Bertz CT molecular complexity index is 938. The van der Waals surface area contributed by atoms with Crippen LogP contribution in [0.4, 0.5) is 4.39 Å². The lowest BCUT2D eigenvalue weighted by atomic mass is 10.1. The Balaban J connectivity index is 1.65. The molecule has 0 aliphatic heterocycles. The molecule has 0 saturated carbocycles. The van der Waals surface area contributed by atoms with Gasteiger partial charge < -0.3 is 10.1 Å². The number of ether oxygens (including phenoxy) is 1. The lowest BCUT2D eigenvalue weighted by Gasteiger charge is -2.14. The quantitative estimate of drug-likeness (QED) is 0.653. The van der Waals surface area contributed by atoms with Gasteiger partial charge in [-0.2, -0.15) is 0 Å². The first-order valence-electron chi connectivity index (χ1n) is 8.65. The van der Waals surface area contributed by atoms with Crippen molar-refractivity contribution in [3.63, 3.8) is 0 Å². The molecule has 0 saturated heterocycles. The highest BCUT2D eigenvalue weighted by Crippen LogP contribution is 2.22. The third kappa shape index (κ3) is 4.71. The van der Waals surface area contributed by atoms with Crippen molar-refractivity contribution in [2.24, 2.45) is 0 Å². The van der Waals surface area contributed by atoms with Crippen LogP contribution in [-0.4, -0.2) is 10.9 Å². The van der Waals surface area contributed by atoms with Crippen LogP contribution in [0.2, 0.25) is 0 Å². The van der Waals surface area contributed by atoms with Gasteiger partial charge in [-0.05, 0) is 39.0 Å². The lowest BCUT2D eigenvalue weighted by Crippen LogP contribution is -2.27. The highest BCUT2D eigenvalue weighted by atomic mass is 32.1. The number of aromatic nitrogens is 1. The Hall–Kier alpha value is -2.73. The van der Waals surface area contributed by atoms with E-state index in [0.717, 1.165) is 16.3 Å². The van der Waals surface area contributed by atoms with Gasteiger partial charge in [-0.15, -0.1) is 11.3 Å². The zero-order chi connectivity index (χ0) is 19.4. The number of amides is 1. The Labute approximate surface area is 162 Å². The highest BCUT2D eigenvalue weighted by molar-refractivity contribution is 7.13. The number of benzene rings is 2. The van der Waals surface area contributed by atoms with Gasteiger partial charge in [0.2, 0.25) is 0 Å². The average molecular weight is 384 g/mol. The first-order valence-corrected chi connectivity index (χ1v) is 9.46. The molecule has 0 fully saturated rings. The van der Waals surface area contributed by atoms with E-state index in [1.165, 1.54) is 17.4 Å². The van der Waals surface area contributed by atoms with E-state index < -0.39 is 6.04 Å². The van der Waals surface area contributed by atoms with Crippen LogP contribution in [0.25, 0.3) is 0 Å². The maximum atomic E-state index is 13.9. The molecule has 1 atom stereocenters. The van der Waals surface area contributed by atoms with Crippen molar-refractivity contribution in [1.29, 1.82) is 0 Å². The molecule has 1 heterocycles. The molecular weight excluding hydrogens is 363 g/mol. The summed E-state index contributed by atoms with van der Waals surface area (Å²) in [5.74, 6) is 0.161. The smallest absolute Gasteiger partial charge is 0.263 e. The van der Waals surface area contributed by atoms with Crippen molar-refractivity contribution >= 4 is 17.2 Å². The van der Waals surface area contributed by atoms with Crippen LogP contribution in [0.15, 0.2) is 48.5 Å². The fourth-order valence-electron chi connectivity index (χ4n) is 2.67. The van der Waals surface area contributed by atoms with Crippen molar-refractivity contribution in [1.82, 2.24) is 10.3 Å². The lowest BCUT2D eigenvalue weighted by molar-refractivity contribution is 0.0942. The van der Waals surface area contributed by atoms with Gasteiger partial charge in [0.05, 0.1) is 11.7 Å². The predicted octanol–water partition coefficient (Wildman–Crippen LogP) is 4.97. The summed E-state index contributed by atoms with van der Waals surface area (Å²) in [7, 11) is 0. The molecule has 1 amide bonds. The second kappa shape index (κ2) is 8.31. The Morgan fingerprint density at radius 1 is 1.19 bits per heavy atom. The number of nitrogens with one attached hydrogen (secondary N) is 1. The summed E-state index contributed by atoms with van der Waals surface area (Å²) in [4.78, 5) is 17.5. The van der Waals surface area contributed by atoms with Crippen molar-refractivity contribution in [3.05, 3.63) is 81.1 Å². The van der Waals surface area contributed by atoms with Crippen molar-refractivity contribution < 1.29 is 13.9 Å². The van der Waals surface area contributed by atoms with Gasteiger partial charge in [-0.1, -0.05) is 35.9 Å². The molecule has 0 radical (unpaired) electrons. The molecule has 1 unspecified atom stereocenters. The number of hydrogen-bond donors (Lipinski definition) is 1. The minimum absolute atomic E-state index is 0.262. The summed E-state index contributed by atoms with van der Waals surface area (Å²) in [6.07, 6.45) is 0. The molecule has 3 aromatic rings. The molecule has 1 aromatic heterocycles. The van der Waals surface area contributed by atoms with Gasteiger partial charge in [-0.3, -0.25) is 4.79 Å². The monoisotopic (exact) mass is 384 g/mol. The van der Waals surface area contributed by atoms with Crippen LogP contribution in [0.1, 0.15) is 44.5 Å². The average Bonchev–Trinajstić information content (AvgIpc) is 3.02. The number of carbonyl (C=O) groups excluding carboxylic acids is 1. The zero-order valence-corrected chi connectivity index (χ0v) is 16.3. The molecule has 2 aromatic carbocycles. The van der Waals surface area contributed by atoms with Gasteiger partial charge in [0.25, 0.3) is 5.91 Å². The van der Waals surface area contributed by atoms with Crippen LogP contribution in [0.5, 0.6) is 5.75 Å². The largest absolute Gasteiger partial charge is 0.486 e. The number of thiazole rings is 1. The van der Waals surface area contributed by atoms with Crippen LogP contribution >= 0.6 is 11.3 Å². The van der Waals surface area contributed by atoms with E-state index in [4.69, 9.17) is 4.74 Å². The number of nitrogens with zero attached hydrogens (tertiary/aromatic N) is 1. The number of hydrogen-bond acceptors (Lipinski definition) is 4. The summed E-state index contributed by atoms with van der Waals surface area (Å²) in [5.41, 5.74) is 2.26. The zero-order valence-electron chi connectivity index (χ0n) is 15.5. The molecule has 4 nitrogen and oxygen atoms in total. The van der Waals surface area contributed by atoms with Gasteiger partial charge in [0, 0.05) is 5.56 Å². The molecule has 3 rings (SSSR count). The highest BCUT2D eigenvalue weighted by Gasteiger charge is 2.19. The fraction of sp³-hybridized carbons (Fsp3) is 0.238. The van der Waals surface area contributed by atoms with E-state index in [0.29, 0.717) is 22.7 Å². The Morgan fingerprint density at radius 3 is 2.59 bits per heavy atom. The summed E-state index contributed by atoms with van der Waals surface area (Å²) in [6, 6.07) is 13.8. The second-order valence-corrected chi connectivity index (χ2v) is 7.42. The molecule has 140 valence electrons. The SMILES string of the molecule is Cc1ccc(OCc2nc(C)c(C(=O)NC(C)c3ccccc3F)s2)cc1. The first-order chi connectivity index (χ1) is 12.9. The first kappa shape index (κ1) is 19.0. The van der Waals surface area contributed by atoms with Gasteiger partial charge >= 0.3 is 0 Å². The maximum Gasteiger partial charge on any atom is 0.263 e. The van der Waals surface area contributed by atoms with E-state index in [1.54, 1.807) is 32.0 Å². The topological polar surface area (TPSA) is 51.2 Å². The molecule has 27 heavy (non-hydrogen) atoms. The third-order valence-corrected chi connectivity index (χ3v) is 5.28. The fourth-order valence-corrected chi connectivity index (χ4v) is 3.55. The van der Waals surface area contributed by atoms with Crippen molar-refractivity contribution in [3.8, 4) is 5.75 Å². The molecule has 0 spiro atoms.